The fraction of sp³-hybridized carbons (Fsp3) is 0.867. The van der Waals surface area contributed by atoms with Crippen LogP contribution in [-0.4, -0.2) is 22.2 Å². The van der Waals surface area contributed by atoms with Crippen molar-refractivity contribution in [1.82, 2.24) is 0 Å². The summed E-state index contributed by atoms with van der Waals surface area (Å²) in [6, 6.07) is 0. The summed E-state index contributed by atoms with van der Waals surface area (Å²) in [5.74, 6) is -2.10. The summed E-state index contributed by atoms with van der Waals surface area (Å²) in [6.45, 7) is 3.98. The average molecular weight is 272 g/mol. The number of rotatable bonds is 12. The molecule has 2 unspecified atom stereocenters. The Bertz CT molecular complexity index is 263. The highest BCUT2D eigenvalue weighted by Gasteiger charge is 2.21. The maximum atomic E-state index is 11.1. The van der Waals surface area contributed by atoms with Gasteiger partial charge in [0.2, 0.25) is 0 Å². The second kappa shape index (κ2) is 10.8. The Balaban J connectivity index is 3.86. The summed E-state index contributed by atoms with van der Waals surface area (Å²) in [5.41, 5.74) is 0. The molecule has 0 heterocycles. The Morgan fingerprint density at radius 3 is 2.11 bits per heavy atom. The standard InChI is InChI=1S/C15H28O4/c1-3-4-5-6-7-8-9-13(15(18)19)10-12(2)11-14(16)17/h12-13H,3-11H2,1-2H3,(H,16,17)(H,18,19). The van der Waals surface area contributed by atoms with Gasteiger partial charge in [0.15, 0.2) is 0 Å². The third-order valence-electron chi connectivity index (χ3n) is 3.47. The molecule has 0 aromatic rings. The smallest absolute Gasteiger partial charge is 0.306 e. The van der Waals surface area contributed by atoms with Crippen LogP contribution < -0.4 is 0 Å². The third-order valence-corrected chi connectivity index (χ3v) is 3.47. The van der Waals surface area contributed by atoms with Crippen LogP contribution in [0.5, 0.6) is 0 Å². The van der Waals surface area contributed by atoms with Crippen molar-refractivity contribution in [3.63, 3.8) is 0 Å². The lowest BCUT2D eigenvalue weighted by Gasteiger charge is -2.16. The van der Waals surface area contributed by atoms with Crippen LogP contribution in [0.3, 0.4) is 0 Å². The van der Waals surface area contributed by atoms with Gasteiger partial charge in [0.1, 0.15) is 0 Å². The molecular weight excluding hydrogens is 244 g/mol. The van der Waals surface area contributed by atoms with E-state index in [0.29, 0.717) is 12.8 Å². The molecule has 0 saturated carbocycles. The van der Waals surface area contributed by atoms with E-state index in [-0.39, 0.29) is 18.3 Å². The van der Waals surface area contributed by atoms with Gasteiger partial charge < -0.3 is 10.2 Å². The molecule has 0 spiro atoms. The topological polar surface area (TPSA) is 74.6 Å². The summed E-state index contributed by atoms with van der Waals surface area (Å²) in [5, 5.41) is 17.8. The van der Waals surface area contributed by atoms with Crippen LogP contribution in [0.4, 0.5) is 0 Å². The van der Waals surface area contributed by atoms with Gasteiger partial charge in [0.05, 0.1) is 5.92 Å². The van der Waals surface area contributed by atoms with E-state index in [2.05, 4.69) is 6.92 Å². The van der Waals surface area contributed by atoms with Crippen LogP contribution in [0, 0.1) is 11.8 Å². The molecule has 0 aromatic carbocycles. The van der Waals surface area contributed by atoms with E-state index in [4.69, 9.17) is 10.2 Å². The monoisotopic (exact) mass is 272 g/mol. The van der Waals surface area contributed by atoms with Crippen LogP contribution in [0.1, 0.15) is 71.6 Å². The molecule has 0 saturated heterocycles. The summed E-state index contributed by atoms with van der Waals surface area (Å²) < 4.78 is 0. The van der Waals surface area contributed by atoms with Crippen molar-refractivity contribution in [2.45, 2.75) is 71.6 Å². The zero-order chi connectivity index (χ0) is 14.7. The minimum Gasteiger partial charge on any atom is -0.481 e. The SMILES string of the molecule is CCCCCCCCC(CC(C)CC(=O)O)C(=O)O. The van der Waals surface area contributed by atoms with Crippen LogP contribution in [-0.2, 0) is 9.59 Å². The zero-order valence-corrected chi connectivity index (χ0v) is 12.2. The van der Waals surface area contributed by atoms with Gasteiger partial charge >= 0.3 is 11.9 Å². The Morgan fingerprint density at radius 1 is 1.00 bits per heavy atom. The fourth-order valence-corrected chi connectivity index (χ4v) is 2.38. The number of carboxylic acid groups (broad SMARTS) is 2. The van der Waals surface area contributed by atoms with Crippen LogP contribution in [0.25, 0.3) is 0 Å². The van der Waals surface area contributed by atoms with Gasteiger partial charge in [-0.05, 0) is 18.8 Å². The van der Waals surface area contributed by atoms with Gasteiger partial charge in [0, 0.05) is 6.42 Å². The van der Waals surface area contributed by atoms with Gasteiger partial charge in [-0.2, -0.15) is 0 Å². The quantitative estimate of drug-likeness (QED) is 0.528. The summed E-state index contributed by atoms with van der Waals surface area (Å²) in [4.78, 5) is 21.7. The lowest BCUT2D eigenvalue weighted by molar-refractivity contribution is -0.144. The van der Waals surface area contributed by atoms with E-state index in [1.54, 1.807) is 0 Å². The van der Waals surface area contributed by atoms with E-state index >= 15 is 0 Å². The second-order valence-corrected chi connectivity index (χ2v) is 5.53. The molecule has 0 aromatic heterocycles. The normalized spacial score (nSPS) is 14.0. The molecule has 0 aliphatic rings. The lowest BCUT2D eigenvalue weighted by atomic mass is 9.89. The van der Waals surface area contributed by atoms with Crippen LogP contribution >= 0.6 is 0 Å². The number of hydrogen-bond acceptors (Lipinski definition) is 2. The number of hydrogen-bond donors (Lipinski definition) is 2. The molecule has 0 aliphatic heterocycles. The molecular formula is C15H28O4. The molecule has 2 atom stereocenters. The Kier molecular flexibility index (Phi) is 10.2. The Morgan fingerprint density at radius 2 is 1.58 bits per heavy atom. The van der Waals surface area contributed by atoms with Crippen molar-refractivity contribution in [1.29, 1.82) is 0 Å². The summed E-state index contributed by atoms with van der Waals surface area (Å²) in [6.07, 6.45) is 8.07. The van der Waals surface area contributed by atoms with Crippen molar-refractivity contribution in [3.05, 3.63) is 0 Å². The van der Waals surface area contributed by atoms with Crippen molar-refractivity contribution in [2.75, 3.05) is 0 Å². The predicted molar refractivity (Wildman–Crippen MR) is 75.2 cm³/mol. The van der Waals surface area contributed by atoms with Crippen LogP contribution in [0.2, 0.25) is 0 Å². The first-order chi connectivity index (χ1) is 8.97. The Labute approximate surface area is 116 Å². The van der Waals surface area contributed by atoms with E-state index in [9.17, 15) is 9.59 Å². The molecule has 0 radical (unpaired) electrons. The third kappa shape index (κ3) is 10.5. The van der Waals surface area contributed by atoms with E-state index < -0.39 is 11.9 Å². The molecule has 0 bridgehead atoms. The first-order valence-corrected chi connectivity index (χ1v) is 7.42. The van der Waals surface area contributed by atoms with E-state index in [1.165, 1.54) is 25.7 Å². The maximum Gasteiger partial charge on any atom is 0.306 e. The average Bonchev–Trinajstić information content (AvgIpc) is 2.30. The highest BCUT2D eigenvalue weighted by atomic mass is 16.4. The van der Waals surface area contributed by atoms with Crippen molar-refractivity contribution >= 4 is 11.9 Å². The molecule has 0 aliphatic carbocycles. The predicted octanol–water partition coefficient (Wildman–Crippen LogP) is 3.94. The molecule has 0 amide bonds. The number of carboxylic acids is 2. The number of unbranched alkanes of at least 4 members (excludes halogenated alkanes) is 5. The summed E-state index contributed by atoms with van der Waals surface area (Å²) in [7, 11) is 0. The molecule has 0 fully saturated rings. The van der Waals surface area contributed by atoms with E-state index in [1.807, 2.05) is 6.92 Å². The first kappa shape index (κ1) is 17.9. The lowest BCUT2D eigenvalue weighted by Crippen LogP contribution is -2.18. The van der Waals surface area contributed by atoms with Gasteiger partial charge in [-0.1, -0.05) is 52.4 Å². The molecule has 0 rings (SSSR count). The second-order valence-electron chi connectivity index (χ2n) is 5.53. The molecule has 2 N–H and O–H groups in total. The van der Waals surface area contributed by atoms with Crippen molar-refractivity contribution < 1.29 is 19.8 Å². The fourth-order valence-electron chi connectivity index (χ4n) is 2.38. The molecule has 19 heavy (non-hydrogen) atoms. The minimum atomic E-state index is -0.851. The highest BCUT2D eigenvalue weighted by molar-refractivity contribution is 5.70. The molecule has 112 valence electrons. The molecule has 4 heteroatoms. The molecule has 4 nitrogen and oxygen atoms in total. The first-order valence-electron chi connectivity index (χ1n) is 7.42. The maximum absolute atomic E-state index is 11.1. The van der Waals surface area contributed by atoms with Crippen LogP contribution in [0.15, 0.2) is 0 Å². The van der Waals surface area contributed by atoms with Gasteiger partial charge in [0.25, 0.3) is 0 Å². The largest absolute Gasteiger partial charge is 0.481 e. The van der Waals surface area contributed by atoms with Gasteiger partial charge in [-0.15, -0.1) is 0 Å². The van der Waals surface area contributed by atoms with Crippen molar-refractivity contribution in [3.8, 4) is 0 Å². The summed E-state index contributed by atoms with van der Waals surface area (Å²) >= 11 is 0. The zero-order valence-electron chi connectivity index (χ0n) is 12.2. The van der Waals surface area contributed by atoms with Crippen molar-refractivity contribution in [2.24, 2.45) is 11.8 Å². The number of aliphatic carboxylic acids is 2. The number of carbonyl (C=O) groups is 2. The van der Waals surface area contributed by atoms with Gasteiger partial charge in [-0.25, -0.2) is 0 Å². The highest BCUT2D eigenvalue weighted by Crippen LogP contribution is 2.21. The minimum absolute atomic E-state index is 0.0558. The van der Waals surface area contributed by atoms with Gasteiger partial charge in [-0.3, -0.25) is 9.59 Å². The Hall–Kier alpha value is -1.06. The van der Waals surface area contributed by atoms with E-state index in [0.717, 1.165) is 12.8 Å².